The SMILES string of the molecule is CCc1nc2ccccc2n1CCOc1cc(C)ccc1C. The van der Waals surface area contributed by atoms with E-state index < -0.39 is 0 Å². The minimum atomic E-state index is 0.650. The lowest BCUT2D eigenvalue weighted by molar-refractivity contribution is 0.296. The highest BCUT2D eigenvalue weighted by Crippen LogP contribution is 2.20. The molecule has 22 heavy (non-hydrogen) atoms. The summed E-state index contributed by atoms with van der Waals surface area (Å²) in [6.45, 7) is 7.78. The van der Waals surface area contributed by atoms with Crippen LogP contribution >= 0.6 is 0 Å². The zero-order valence-corrected chi connectivity index (χ0v) is 13.5. The quantitative estimate of drug-likeness (QED) is 0.701. The molecule has 3 nitrogen and oxygen atoms in total. The molecule has 2 aromatic carbocycles. The van der Waals surface area contributed by atoms with Crippen LogP contribution in [0.5, 0.6) is 5.75 Å². The largest absolute Gasteiger partial charge is 0.491 e. The van der Waals surface area contributed by atoms with Crippen molar-refractivity contribution in [2.24, 2.45) is 0 Å². The van der Waals surface area contributed by atoms with Crippen LogP contribution in [-0.2, 0) is 13.0 Å². The Bertz CT molecular complexity index is 789. The van der Waals surface area contributed by atoms with Crippen LogP contribution in [0, 0.1) is 13.8 Å². The molecule has 3 rings (SSSR count). The molecule has 0 N–H and O–H groups in total. The van der Waals surface area contributed by atoms with Gasteiger partial charge in [0.15, 0.2) is 0 Å². The van der Waals surface area contributed by atoms with E-state index in [0.717, 1.165) is 30.1 Å². The van der Waals surface area contributed by atoms with Gasteiger partial charge >= 0.3 is 0 Å². The fourth-order valence-corrected chi connectivity index (χ4v) is 2.75. The fourth-order valence-electron chi connectivity index (χ4n) is 2.75. The van der Waals surface area contributed by atoms with Gasteiger partial charge in [0, 0.05) is 6.42 Å². The molecular weight excluding hydrogens is 272 g/mol. The highest BCUT2D eigenvalue weighted by Gasteiger charge is 2.09. The minimum Gasteiger partial charge on any atom is -0.491 e. The molecule has 1 aromatic heterocycles. The molecule has 3 heteroatoms. The van der Waals surface area contributed by atoms with Crippen molar-refractivity contribution in [3.05, 3.63) is 59.4 Å². The number of aryl methyl sites for hydroxylation is 3. The number of aromatic nitrogens is 2. The predicted octanol–water partition coefficient (Wildman–Crippen LogP) is 4.29. The molecule has 0 unspecified atom stereocenters. The summed E-state index contributed by atoms with van der Waals surface area (Å²) >= 11 is 0. The van der Waals surface area contributed by atoms with E-state index in [4.69, 9.17) is 9.72 Å². The Morgan fingerprint density at radius 2 is 1.91 bits per heavy atom. The number of imidazole rings is 1. The van der Waals surface area contributed by atoms with Gasteiger partial charge in [-0.15, -0.1) is 0 Å². The maximum Gasteiger partial charge on any atom is 0.122 e. The molecule has 0 aliphatic carbocycles. The highest BCUT2D eigenvalue weighted by molar-refractivity contribution is 5.75. The molecule has 0 fully saturated rings. The molecule has 3 aromatic rings. The van der Waals surface area contributed by atoms with Crippen molar-refractivity contribution in [1.82, 2.24) is 9.55 Å². The Hall–Kier alpha value is -2.29. The fraction of sp³-hybridized carbons (Fsp3) is 0.316. The van der Waals surface area contributed by atoms with Crippen molar-refractivity contribution in [2.75, 3.05) is 6.61 Å². The number of para-hydroxylation sites is 2. The minimum absolute atomic E-state index is 0.650. The number of nitrogens with zero attached hydrogens (tertiary/aromatic N) is 2. The lowest BCUT2D eigenvalue weighted by Crippen LogP contribution is -2.11. The van der Waals surface area contributed by atoms with Crippen LogP contribution in [0.4, 0.5) is 0 Å². The summed E-state index contributed by atoms with van der Waals surface area (Å²) in [6, 6.07) is 14.6. The summed E-state index contributed by atoms with van der Waals surface area (Å²) in [5.41, 5.74) is 4.65. The van der Waals surface area contributed by atoms with Crippen LogP contribution in [0.15, 0.2) is 42.5 Å². The first kappa shape index (κ1) is 14.6. The Kier molecular flexibility index (Phi) is 4.14. The second kappa shape index (κ2) is 6.22. The topological polar surface area (TPSA) is 27.1 Å². The Labute approximate surface area is 131 Å². The van der Waals surface area contributed by atoms with Gasteiger partial charge in [0.05, 0.1) is 17.6 Å². The van der Waals surface area contributed by atoms with Gasteiger partial charge in [0.1, 0.15) is 18.2 Å². The summed E-state index contributed by atoms with van der Waals surface area (Å²) in [7, 11) is 0. The number of benzene rings is 2. The van der Waals surface area contributed by atoms with E-state index in [2.05, 4.69) is 61.7 Å². The molecule has 0 bridgehead atoms. The number of ether oxygens (including phenoxy) is 1. The molecule has 0 aliphatic rings. The van der Waals surface area contributed by atoms with Crippen molar-refractivity contribution in [3.8, 4) is 5.75 Å². The first-order valence-electron chi connectivity index (χ1n) is 7.83. The highest BCUT2D eigenvalue weighted by atomic mass is 16.5. The van der Waals surface area contributed by atoms with Crippen LogP contribution in [-0.4, -0.2) is 16.2 Å². The zero-order valence-electron chi connectivity index (χ0n) is 13.5. The summed E-state index contributed by atoms with van der Waals surface area (Å²) in [4.78, 5) is 4.70. The molecule has 0 radical (unpaired) electrons. The van der Waals surface area contributed by atoms with Crippen LogP contribution in [0.3, 0.4) is 0 Å². The average molecular weight is 294 g/mol. The van der Waals surface area contributed by atoms with Crippen molar-refractivity contribution >= 4 is 11.0 Å². The second-order valence-electron chi connectivity index (χ2n) is 5.64. The van der Waals surface area contributed by atoms with Gasteiger partial charge in [-0.3, -0.25) is 0 Å². The van der Waals surface area contributed by atoms with Gasteiger partial charge in [0.25, 0.3) is 0 Å². The molecule has 114 valence electrons. The third-order valence-electron chi connectivity index (χ3n) is 3.97. The van der Waals surface area contributed by atoms with E-state index in [1.807, 2.05) is 6.07 Å². The monoisotopic (exact) mass is 294 g/mol. The van der Waals surface area contributed by atoms with Gasteiger partial charge in [-0.1, -0.05) is 31.2 Å². The summed E-state index contributed by atoms with van der Waals surface area (Å²) in [6.07, 6.45) is 0.929. The standard InChI is InChI=1S/C19H22N2O/c1-4-19-20-16-7-5-6-8-17(16)21(19)11-12-22-18-13-14(2)9-10-15(18)3/h5-10,13H,4,11-12H2,1-3H3. The Morgan fingerprint density at radius 1 is 1.09 bits per heavy atom. The maximum atomic E-state index is 5.99. The molecular formula is C19H22N2O. The molecule has 0 atom stereocenters. The Morgan fingerprint density at radius 3 is 2.73 bits per heavy atom. The molecule has 1 heterocycles. The van der Waals surface area contributed by atoms with Crippen molar-refractivity contribution in [1.29, 1.82) is 0 Å². The van der Waals surface area contributed by atoms with E-state index in [0.29, 0.717) is 6.61 Å². The van der Waals surface area contributed by atoms with E-state index in [1.54, 1.807) is 0 Å². The Balaban J connectivity index is 1.78. The van der Waals surface area contributed by atoms with E-state index in [1.165, 1.54) is 16.6 Å². The lowest BCUT2D eigenvalue weighted by Gasteiger charge is -2.12. The van der Waals surface area contributed by atoms with E-state index in [-0.39, 0.29) is 0 Å². The third kappa shape index (κ3) is 2.84. The van der Waals surface area contributed by atoms with Gasteiger partial charge in [-0.05, 0) is 43.2 Å². The van der Waals surface area contributed by atoms with Crippen molar-refractivity contribution in [3.63, 3.8) is 0 Å². The number of hydrogen-bond donors (Lipinski definition) is 0. The zero-order chi connectivity index (χ0) is 15.5. The number of fused-ring (bicyclic) bond motifs is 1. The smallest absolute Gasteiger partial charge is 0.122 e. The predicted molar refractivity (Wildman–Crippen MR) is 90.5 cm³/mol. The van der Waals surface area contributed by atoms with Crippen LogP contribution < -0.4 is 4.74 Å². The van der Waals surface area contributed by atoms with Gasteiger partial charge < -0.3 is 9.30 Å². The summed E-state index contributed by atoms with van der Waals surface area (Å²) in [5, 5.41) is 0. The molecule has 0 amide bonds. The van der Waals surface area contributed by atoms with Crippen LogP contribution in [0.25, 0.3) is 11.0 Å². The first-order chi connectivity index (χ1) is 10.7. The van der Waals surface area contributed by atoms with Crippen LogP contribution in [0.2, 0.25) is 0 Å². The first-order valence-corrected chi connectivity index (χ1v) is 7.83. The number of rotatable bonds is 5. The molecule has 0 aliphatic heterocycles. The summed E-state index contributed by atoms with van der Waals surface area (Å²) < 4.78 is 8.26. The van der Waals surface area contributed by atoms with Crippen LogP contribution in [0.1, 0.15) is 23.9 Å². The normalized spacial score (nSPS) is 11.0. The molecule has 0 saturated carbocycles. The maximum absolute atomic E-state index is 5.99. The van der Waals surface area contributed by atoms with Gasteiger partial charge in [-0.2, -0.15) is 0 Å². The van der Waals surface area contributed by atoms with Gasteiger partial charge in [-0.25, -0.2) is 4.98 Å². The second-order valence-corrected chi connectivity index (χ2v) is 5.64. The number of hydrogen-bond acceptors (Lipinski definition) is 2. The lowest BCUT2D eigenvalue weighted by atomic mass is 10.1. The third-order valence-corrected chi connectivity index (χ3v) is 3.97. The van der Waals surface area contributed by atoms with Gasteiger partial charge in [0.2, 0.25) is 0 Å². The van der Waals surface area contributed by atoms with E-state index >= 15 is 0 Å². The summed E-state index contributed by atoms with van der Waals surface area (Å²) in [5.74, 6) is 2.09. The van der Waals surface area contributed by atoms with Crippen molar-refractivity contribution in [2.45, 2.75) is 33.7 Å². The average Bonchev–Trinajstić information content (AvgIpc) is 2.89. The molecule has 0 spiro atoms. The molecule has 0 saturated heterocycles. The van der Waals surface area contributed by atoms with E-state index in [9.17, 15) is 0 Å². The van der Waals surface area contributed by atoms with Crippen molar-refractivity contribution < 1.29 is 4.74 Å².